The largest absolute Gasteiger partial charge is 0.480 e. The number of nitrogens with zero attached hydrogens (tertiary/aromatic N) is 2. The van der Waals surface area contributed by atoms with Crippen LogP contribution in [0.4, 0.5) is 5.69 Å². The molecule has 2 aliphatic heterocycles. The van der Waals surface area contributed by atoms with E-state index in [-0.39, 0.29) is 11.8 Å². The van der Waals surface area contributed by atoms with E-state index in [2.05, 4.69) is 0 Å². The molecule has 25 heavy (non-hydrogen) atoms. The molecule has 6 heteroatoms. The molecule has 2 amide bonds. The number of hydrogen-bond acceptors (Lipinski definition) is 3. The minimum absolute atomic E-state index is 0.142. The highest BCUT2D eigenvalue weighted by atomic mass is 16.4. The topological polar surface area (TPSA) is 77.9 Å². The van der Waals surface area contributed by atoms with Gasteiger partial charge in [-0.2, -0.15) is 0 Å². The minimum Gasteiger partial charge on any atom is -0.480 e. The van der Waals surface area contributed by atoms with Gasteiger partial charge >= 0.3 is 5.97 Å². The van der Waals surface area contributed by atoms with Crippen LogP contribution in [0.2, 0.25) is 0 Å². The summed E-state index contributed by atoms with van der Waals surface area (Å²) in [5.74, 6) is -1.07. The van der Waals surface area contributed by atoms with Crippen LogP contribution in [0.1, 0.15) is 37.7 Å². The molecule has 0 aliphatic carbocycles. The van der Waals surface area contributed by atoms with Gasteiger partial charge < -0.3 is 14.9 Å². The number of carboxylic acid groups (broad SMARTS) is 1. The number of carbonyl (C=O) groups excluding carboxylic acids is 2. The molecular formula is C19H22N2O4. The number of rotatable bonds is 4. The van der Waals surface area contributed by atoms with Crippen molar-refractivity contribution in [3.8, 4) is 0 Å². The van der Waals surface area contributed by atoms with Crippen molar-refractivity contribution in [2.24, 2.45) is 0 Å². The van der Waals surface area contributed by atoms with Crippen LogP contribution in [-0.2, 0) is 14.4 Å². The van der Waals surface area contributed by atoms with E-state index < -0.39 is 12.0 Å². The number of anilines is 1. The molecule has 132 valence electrons. The van der Waals surface area contributed by atoms with Gasteiger partial charge in [-0.3, -0.25) is 9.59 Å². The van der Waals surface area contributed by atoms with E-state index in [1.165, 1.54) is 11.0 Å². The molecular weight excluding hydrogens is 320 g/mol. The SMILES string of the molecule is O=C(O)[C@@H]1CCCCN1C(=O)/C=C/c1ccc(N2CCCC2=O)cc1. The van der Waals surface area contributed by atoms with Gasteiger partial charge in [-0.15, -0.1) is 0 Å². The number of amides is 2. The van der Waals surface area contributed by atoms with Crippen LogP contribution in [0.5, 0.6) is 0 Å². The summed E-state index contributed by atoms with van der Waals surface area (Å²) in [5, 5.41) is 9.25. The summed E-state index contributed by atoms with van der Waals surface area (Å²) in [5.41, 5.74) is 1.71. The maximum Gasteiger partial charge on any atom is 0.326 e. The zero-order chi connectivity index (χ0) is 17.8. The normalized spacial score (nSPS) is 21.1. The van der Waals surface area contributed by atoms with Crippen LogP contribution in [0.15, 0.2) is 30.3 Å². The van der Waals surface area contributed by atoms with Gasteiger partial charge in [0.1, 0.15) is 6.04 Å². The molecule has 3 rings (SSSR count). The average molecular weight is 342 g/mol. The lowest BCUT2D eigenvalue weighted by Crippen LogP contribution is -2.47. The Kier molecular flexibility index (Phi) is 5.16. The van der Waals surface area contributed by atoms with Crippen molar-refractivity contribution in [1.29, 1.82) is 0 Å². The number of hydrogen-bond donors (Lipinski definition) is 1. The fourth-order valence-electron chi connectivity index (χ4n) is 3.40. The summed E-state index contributed by atoms with van der Waals surface area (Å²) in [7, 11) is 0. The quantitative estimate of drug-likeness (QED) is 0.852. The van der Waals surface area contributed by atoms with Crippen LogP contribution < -0.4 is 4.90 Å². The summed E-state index contributed by atoms with van der Waals surface area (Å²) in [6.45, 7) is 1.23. The van der Waals surface area contributed by atoms with Gasteiger partial charge in [-0.1, -0.05) is 12.1 Å². The highest BCUT2D eigenvalue weighted by molar-refractivity contribution is 5.96. The monoisotopic (exact) mass is 342 g/mol. The Labute approximate surface area is 146 Å². The van der Waals surface area contributed by atoms with E-state index >= 15 is 0 Å². The third kappa shape index (κ3) is 3.90. The second kappa shape index (κ2) is 7.51. The molecule has 0 radical (unpaired) electrons. The van der Waals surface area contributed by atoms with Gasteiger partial charge in [0.15, 0.2) is 0 Å². The van der Waals surface area contributed by atoms with Crippen molar-refractivity contribution in [2.75, 3.05) is 18.0 Å². The standard InChI is InChI=1S/C19H22N2O4/c22-17-5-3-13-20(17)15-9-6-14(7-10-15)8-11-18(23)21-12-2-1-4-16(21)19(24)25/h6-11,16H,1-5,12-13H2,(H,24,25)/b11-8+/t16-/m0/s1. The molecule has 1 N–H and O–H groups in total. The number of likely N-dealkylation sites (tertiary alicyclic amines) is 1. The highest BCUT2D eigenvalue weighted by Crippen LogP contribution is 2.22. The zero-order valence-corrected chi connectivity index (χ0v) is 14.1. The third-order valence-corrected chi connectivity index (χ3v) is 4.77. The van der Waals surface area contributed by atoms with Crippen molar-refractivity contribution in [3.05, 3.63) is 35.9 Å². The Morgan fingerprint density at radius 1 is 1.08 bits per heavy atom. The number of carboxylic acids is 1. The molecule has 2 aliphatic rings. The first-order chi connectivity index (χ1) is 12.1. The Morgan fingerprint density at radius 2 is 1.84 bits per heavy atom. The van der Waals surface area contributed by atoms with E-state index in [0.29, 0.717) is 19.4 Å². The van der Waals surface area contributed by atoms with E-state index in [4.69, 9.17) is 0 Å². The molecule has 6 nitrogen and oxygen atoms in total. The molecule has 0 saturated carbocycles. The molecule has 1 atom stereocenters. The Balaban J connectivity index is 1.65. The maximum absolute atomic E-state index is 12.3. The lowest BCUT2D eigenvalue weighted by atomic mass is 10.0. The van der Waals surface area contributed by atoms with Crippen LogP contribution >= 0.6 is 0 Å². The first kappa shape index (κ1) is 17.2. The van der Waals surface area contributed by atoms with E-state index in [1.807, 2.05) is 24.3 Å². The number of piperidine rings is 1. The second-order valence-electron chi connectivity index (χ2n) is 6.46. The number of carbonyl (C=O) groups is 3. The number of benzene rings is 1. The van der Waals surface area contributed by atoms with Crippen molar-refractivity contribution in [2.45, 2.75) is 38.1 Å². The summed E-state index contributed by atoms with van der Waals surface area (Å²) in [4.78, 5) is 38.6. The molecule has 0 spiro atoms. The summed E-state index contributed by atoms with van der Waals surface area (Å²) in [6, 6.07) is 6.72. The van der Waals surface area contributed by atoms with Crippen molar-refractivity contribution in [3.63, 3.8) is 0 Å². The second-order valence-corrected chi connectivity index (χ2v) is 6.46. The van der Waals surface area contributed by atoms with Gasteiger partial charge in [-0.25, -0.2) is 4.79 Å². The Bertz CT molecular complexity index is 696. The summed E-state index contributed by atoms with van der Waals surface area (Å²) >= 11 is 0. The molecule has 0 unspecified atom stereocenters. The lowest BCUT2D eigenvalue weighted by Gasteiger charge is -2.32. The Morgan fingerprint density at radius 3 is 2.48 bits per heavy atom. The summed E-state index contributed by atoms with van der Waals surface area (Å²) in [6.07, 6.45) is 6.77. The van der Waals surface area contributed by atoms with Gasteiger partial charge in [-0.05, 0) is 49.5 Å². The van der Waals surface area contributed by atoms with Crippen LogP contribution in [0.3, 0.4) is 0 Å². The first-order valence-electron chi connectivity index (χ1n) is 8.68. The van der Waals surface area contributed by atoms with Gasteiger partial charge in [0.05, 0.1) is 0 Å². The minimum atomic E-state index is -0.943. The lowest BCUT2D eigenvalue weighted by molar-refractivity contribution is -0.150. The predicted octanol–water partition coefficient (Wildman–Crippen LogP) is 2.29. The molecule has 2 fully saturated rings. The highest BCUT2D eigenvalue weighted by Gasteiger charge is 2.30. The number of aliphatic carboxylic acids is 1. The van der Waals surface area contributed by atoms with Crippen LogP contribution in [0.25, 0.3) is 6.08 Å². The molecule has 1 aromatic carbocycles. The Hall–Kier alpha value is -2.63. The van der Waals surface area contributed by atoms with Crippen LogP contribution in [-0.4, -0.2) is 46.9 Å². The zero-order valence-electron chi connectivity index (χ0n) is 14.1. The van der Waals surface area contributed by atoms with E-state index in [1.54, 1.807) is 11.0 Å². The molecule has 2 saturated heterocycles. The van der Waals surface area contributed by atoms with Crippen molar-refractivity contribution >= 4 is 29.5 Å². The third-order valence-electron chi connectivity index (χ3n) is 4.77. The first-order valence-corrected chi connectivity index (χ1v) is 8.68. The van der Waals surface area contributed by atoms with Crippen molar-refractivity contribution < 1.29 is 19.5 Å². The fourth-order valence-corrected chi connectivity index (χ4v) is 3.40. The maximum atomic E-state index is 12.3. The molecule has 1 aromatic rings. The smallest absolute Gasteiger partial charge is 0.326 e. The van der Waals surface area contributed by atoms with Crippen molar-refractivity contribution in [1.82, 2.24) is 4.90 Å². The molecule has 2 heterocycles. The summed E-state index contributed by atoms with van der Waals surface area (Å²) < 4.78 is 0. The predicted molar refractivity (Wildman–Crippen MR) is 94.1 cm³/mol. The average Bonchev–Trinajstić information content (AvgIpc) is 3.06. The molecule has 0 aromatic heterocycles. The van der Waals surface area contributed by atoms with E-state index in [9.17, 15) is 19.5 Å². The van der Waals surface area contributed by atoms with Gasteiger partial charge in [0, 0.05) is 31.3 Å². The van der Waals surface area contributed by atoms with Gasteiger partial charge in [0.25, 0.3) is 0 Å². The fraction of sp³-hybridized carbons (Fsp3) is 0.421. The van der Waals surface area contributed by atoms with Gasteiger partial charge in [0.2, 0.25) is 11.8 Å². The van der Waals surface area contributed by atoms with E-state index in [0.717, 1.165) is 37.1 Å². The van der Waals surface area contributed by atoms with Crippen LogP contribution in [0, 0.1) is 0 Å². The molecule has 0 bridgehead atoms.